The standard InChI is InChI=1S/C13H23NO5/c1-12(2,3)19-11(17)14-9(10(15)16)7-18-8-13(4)5-6-13/h9H,5-8H2,1-4H3,(H,14,17)(H,15,16). The summed E-state index contributed by atoms with van der Waals surface area (Å²) in [6.07, 6.45) is 1.45. The predicted molar refractivity (Wildman–Crippen MR) is 69.0 cm³/mol. The first-order valence-corrected chi connectivity index (χ1v) is 6.41. The fourth-order valence-corrected chi connectivity index (χ4v) is 1.41. The quantitative estimate of drug-likeness (QED) is 0.770. The van der Waals surface area contributed by atoms with Gasteiger partial charge in [0, 0.05) is 0 Å². The van der Waals surface area contributed by atoms with E-state index in [4.69, 9.17) is 14.6 Å². The molecule has 6 nitrogen and oxygen atoms in total. The molecule has 1 unspecified atom stereocenters. The van der Waals surface area contributed by atoms with Crippen LogP contribution >= 0.6 is 0 Å². The lowest BCUT2D eigenvalue weighted by Gasteiger charge is -2.22. The lowest BCUT2D eigenvalue weighted by atomic mass is 10.2. The molecule has 6 heteroatoms. The summed E-state index contributed by atoms with van der Waals surface area (Å²) in [5, 5.41) is 11.3. The van der Waals surface area contributed by atoms with E-state index in [1.165, 1.54) is 0 Å². The van der Waals surface area contributed by atoms with Gasteiger partial charge in [0.2, 0.25) is 0 Å². The number of hydrogen-bond donors (Lipinski definition) is 2. The van der Waals surface area contributed by atoms with E-state index in [1.807, 2.05) is 0 Å². The molecule has 0 bridgehead atoms. The van der Waals surface area contributed by atoms with Crippen molar-refractivity contribution < 1.29 is 24.2 Å². The Morgan fingerprint density at radius 2 is 1.95 bits per heavy atom. The average Bonchev–Trinajstić information content (AvgIpc) is 2.92. The molecule has 1 fully saturated rings. The summed E-state index contributed by atoms with van der Waals surface area (Å²) < 4.78 is 10.4. The second kappa shape index (κ2) is 5.77. The van der Waals surface area contributed by atoms with Gasteiger partial charge < -0.3 is 19.9 Å². The molecule has 1 atom stereocenters. The van der Waals surface area contributed by atoms with Crippen molar-refractivity contribution in [3.63, 3.8) is 0 Å². The largest absolute Gasteiger partial charge is 0.480 e. The van der Waals surface area contributed by atoms with Gasteiger partial charge in [-0.1, -0.05) is 6.92 Å². The van der Waals surface area contributed by atoms with Gasteiger partial charge in [-0.25, -0.2) is 9.59 Å². The van der Waals surface area contributed by atoms with E-state index in [1.54, 1.807) is 20.8 Å². The zero-order valence-electron chi connectivity index (χ0n) is 12.0. The van der Waals surface area contributed by atoms with Gasteiger partial charge in [0.1, 0.15) is 5.60 Å². The maximum atomic E-state index is 11.5. The van der Waals surface area contributed by atoms with Crippen molar-refractivity contribution in [3.8, 4) is 0 Å². The van der Waals surface area contributed by atoms with Crippen LogP contribution in [0, 0.1) is 5.41 Å². The summed E-state index contributed by atoms with van der Waals surface area (Å²) in [6.45, 7) is 7.70. The molecular formula is C13H23NO5. The SMILES string of the molecule is CC1(COCC(NC(=O)OC(C)(C)C)C(=O)O)CC1. The summed E-state index contributed by atoms with van der Waals surface area (Å²) in [5.41, 5.74) is -0.468. The number of nitrogens with one attached hydrogen (secondary N) is 1. The van der Waals surface area contributed by atoms with Gasteiger partial charge in [-0.2, -0.15) is 0 Å². The predicted octanol–water partition coefficient (Wildman–Crippen LogP) is 1.78. The third-order valence-electron chi connectivity index (χ3n) is 2.83. The molecule has 0 aromatic rings. The molecule has 0 spiro atoms. The monoisotopic (exact) mass is 273 g/mol. The minimum atomic E-state index is -1.13. The first-order chi connectivity index (χ1) is 8.61. The highest BCUT2D eigenvalue weighted by Crippen LogP contribution is 2.44. The second-order valence-electron chi connectivity index (χ2n) is 6.36. The molecule has 1 aliphatic carbocycles. The molecule has 1 saturated carbocycles. The van der Waals surface area contributed by atoms with E-state index >= 15 is 0 Å². The lowest BCUT2D eigenvalue weighted by Crippen LogP contribution is -2.46. The Labute approximate surface area is 113 Å². The number of ether oxygens (including phenoxy) is 2. The van der Waals surface area contributed by atoms with Crippen molar-refractivity contribution in [1.82, 2.24) is 5.32 Å². The van der Waals surface area contributed by atoms with E-state index < -0.39 is 23.7 Å². The molecule has 2 N–H and O–H groups in total. The first-order valence-electron chi connectivity index (χ1n) is 6.41. The van der Waals surface area contributed by atoms with Gasteiger partial charge in [-0.3, -0.25) is 0 Å². The molecule has 0 saturated heterocycles. The first kappa shape index (κ1) is 15.8. The number of rotatable bonds is 6. The van der Waals surface area contributed by atoms with Crippen molar-refractivity contribution in [2.24, 2.45) is 5.41 Å². The van der Waals surface area contributed by atoms with Crippen LogP contribution in [-0.2, 0) is 14.3 Å². The molecule has 0 radical (unpaired) electrons. The zero-order valence-corrected chi connectivity index (χ0v) is 12.0. The van der Waals surface area contributed by atoms with Crippen molar-refractivity contribution in [2.75, 3.05) is 13.2 Å². The number of aliphatic carboxylic acids is 1. The Morgan fingerprint density at radius 3 is 2.37 bits per heavy atom. The molecule has 0 aliphatic heterocycles. The van der Waals surface area contributed by atoms with Gasteiger partial charge >= 0.3 is 12.1 Å². The number of hydrogen-bond acceptors (Lipinski definition) is 4. The number of carboxylic acid groups (broad SMARTS) is 1. The third-order valence-corrected chi connectivity index (χ3v) is 2.83. The Balaban J connectivity index is 2.35. The average molecular weight is 273 g/mol. The fourth-order valence-electron chi connectivity index (χ4n) is 1.41. The minimum absolute atomic E-state index is 0.0514. The molecule has 19 heavy (non-hydrogen) atoms. The van der Waals surface area contributed by atoms with Crippen molar-refractivity contribution in [2.45, 2.75) is 52.2 Å². The van der Waals surface area contributed by atoms with Crippen LogP contribution in [0.5, 0.6) is 0 Å². The molecule has 0 aromatic carbocycles. The van der Waals surface area contributed by atoms with Crippen LogP contribution in [0.25, 0.3) is 0 Å². The van der Waals surface area contributed by atoms with Crippen LogP contribution in [-0.4, -0.2) is 42.0 Å². The van der Waals surface area contributed by atoms with Crippen LogP contribution in [0.2, 0.25) is 0 Å². The van der Waals surface area contributed by atoms with Gasteiger partial charge in [0.15, 0.2) is 6.04 Å². The normalized spacial score (nSPS) is 18.5. The van der Waals surface area contributed by atoms with E-state index in [0.717, 1.165) is 12.8 Å². The van der Waals surface area contributed by atoms with Crippen LogP contribution in [0.3, 0.4) is 0 Å². The summed E-state index contributed by atoms with van der Waals surface area (Å²) in [6, 6.07) is -1.09. The highest BCUT2D eigenvalue weighted by Gasteiger charge is 2.37. The van der Waals surface area contributed by atoms with Crippen LogP contribution in [0.15, 0.2) is 0 Å². The van der Waals surface area contributed by atoms with E-state index in [2.05, 4.69) is 12.2 Å². The molecule has 110 valence electrons. The molecular weight excluding hydrogens is 250 g/mol. The van der Waals surface area contributed by atoms with Gasteiger partial charge in [0.25, 0.3) is 0 Å². The van der Waals surface area contributed by atoms with Crippen LogP contribution in [0.1, 0.15) is 40.5 Å². The summed E-state index contributed by atoms with van der Waals surface area (Å²) >= 11 is 0. The Kier molecular flexibility index (Phi) is 4.79. The third kappa shape index (κ3) is 6.42. The molecule has 0 heterocycles. The fraction of sp³-hybridized carbons (Fsp3) is 0.846. The smallest absolute Gasteiger partial charge is 0.408 e. The molecule has 1 rings (SSSR count). The number of carbonyl (C=O) groups excluding carboxylic acids is 1. The van der Waals surface area contributed by atoms with Crippen molar-refractivity contribution >= 4 is 12.1 Å². The zero-order chi connectivity index (χ0) is 14.7. The highest BCUT2D eigenvalue weighted by atomic mass is 16.6. The van der Waals surface area contributed by atoms with Crippen molar-refractivity contribution in [3.05, 3.63) is 0 Å². The summed E-state index contributed by atoms with van der Waals surface area (Å²) in [5.74, 6) is -1.13. The Morgan fingerprint density at radius 1 is 1.37 bits per heavy atom. The maximum absolute atomic E-state index is 11.5. The maximum Gasteiger partial charge on any atom is 0.408 e. The molecule has 1 amide bonds. The Hall–Kier alpha value is -1.30. The summed E-state index contributed by atoms with van der Waals surface area (Å²) in [7, 11) is 0. The molecule has 0 aromatic heterocycles. The van der Waals surface area contributed by atoms with Gasteiger partial charge in [-0.15, -0.1) is 0 Å². The molecule has 1 aliphatic rings. The number of carboxylic acids is 1. The van der Waals surface area contributed by atoms with Crippen LogP contribution < -0.4 is 5.32 Å². The van der Waals surface area contributed by atoms with E-state index in [9.17, 15) is 9.59 Å². The van der Waals surface area contributed by atoms with Gasteiger partial charge in [0.05, 0.1) is 13.2 Å². The van der Waals surface area contributed by atoms with Gasteiger partial charge in [-0.05, 0) is 39.0 Å². The lowest BCUT2D eigenvalue weighted by molar-refractivity contribution is -0.141. The van der Waals surface area contributed by atoms with E-state index in [-0.39, 0.29) is 12.0 Å². The van der Waals surface area contributed by atoms with Crippen LogP contribution in [0.4, 0.5) is 4.79 Å². The minimum Gasteiger partial charge on any atom is -0.480 e. The van der Waals surface area contributed by atoms with E-state index in [0.29, 0.717) is 6.61 Å². The number of carbonyl (C=O) groups is 2. The highest BCUT2D eigenvalue weighted by molar-refractivity contribution is 5.80. The number of alkyl carbamates (subject to hydrolysis) is 1. The Bertz CT molecular complexity index is 343. The number of amides is 1. The second-order valence-corrected chi connectivity index (χ2v) is 6.36. The topological polar surface area (TPSA) is 84.9 Å². The summed E-state index contributed by atoms with van der Waals surface area (Å²) in [4.78, 5) is 22.5. The van der Waals surface area contributed by atoms with Crippen molar-refractivity contribution in [1.29, 1.82) is 0 Å².